The standard InChI is InChI=1S/C27H40N2O5S/c1-19-16-29(20(2)18-30)35(32,33)26-14-13-23(21-9-7-8-10-21)15-24(26)34-25(19)17-28(3)27(31)22-11-5-4-6-12-22/h9,13-15,19-20,22,25,30H,4-8,10-12,16-18H2,1-3H3/t19-,20-,25+/m0/s1. The zero-order chi connectivity index (χ0) is 25.2. The monoisotopic (exact) mass is 504 g/mol. The summed E-state index contributed by atoms with van der Waals surface area (Å²) in [6.45, 7) is 4.02. The van der Waals surface area contributed by atoms with Crippen molar-refractivity contribution >= 4 is 21.5 Å². The highest BCUT2D eigenvalue weighted by Gasteiger charge is 2.39. The van der Waals surface area contributed by atoms with Crippen LogP contribution in [0.1, 0.15) is 70.8 Å². The van der Waals surface area contributed by atoms with Crippen LogP contribution in [0.15, 0.2) is 29.2 Å². The number of aliphatic hydroxyl groups excluding tert-OH is 1. The molecule has 1 aliphatic heterocycles. The lowest BCUT2D eigenvalue weighted by Gasteiger charge is -2.38. The van der Waals surface area contributed by atoms with Crippen LogP contribution in [-0.2, 0) is 14.8 Å². The van der Waals surface area contributed by atoms with Gasteiger partial charge in [0.1, 0.15) is 16.7 Å². The van der Waals surface area contributed by atoms with Crippen molar-refractivity contribution in [3.63, 3.8) is 0 Å². The number of benzene rings is 1. The van der Waals surface area contributed by atoms with Crippen LogP contribution in [0.2, 0.25) is 0 Å². The van der Waals surface area contributed by atoms with Crippen LogP contribution in [0.5, 0.6) is 5.75 Å². The van der Waals surface area contributed by atoms with E-state index in [9.17, 15) is 18.3 Å². The van der Waals surface area contributed by atoms with Crippen molar-refractivity contribution in [3.05, 3.63) is 29.8 Å². The van der Waals surface area contributed by atoms with Gasteiger partial charge in [-0.15, -0.1) is 0 Å². The van der Waals surface area contributed by atoms with Crippen molar-refractivity contribution in [1.29, 1.82) is 0 Å². The zero-order valence-electron chi connectivity index (χ0n) is 21.3. The second kappa shape index (κ2) is 11.0. The van der Waals surface area contributed by atoms with Gasteiger partial charge in [-0.3, -0.25) is 4.79 Å². The Hall–Kier alpha value is -1.90. The second-order valence-corrected chi connectivity index (χ2v) is 12.4. The molecule has 1 amide bonds. The number of fused-ring (bicyclic) bond motifs is 1. The highest BCUT2D eigenvalue weighted by Crippen LogP contribution is 2.37. The topological polar surface area (TPSA) is 87.2 Å². The Labute approximate surface area is 210 Å². The molecule has 0 unspecified atom stereocenters. The van der Waals surface area contributed by atoms with E-state index in [1.165, 1.54) is 16.3 Å². The molecule has 8 heteroatoms. The third kappa shape index (κ3) is 5.59. The minimum Gasteiger partial charge on any atom is -0.487 e. The van der Waals surface area contributed by atoms with Gasteiger partial charge in [0.25, 0.3) is 0 Å². The van der Waals surface area contributed by atoms with Gasteiger partial charge in [-0.2, -0.15) is 4.31 Å². The predicted octanol–water partition coefficient (Wildman–Crippen LogP) is 4.06. The molecular formula is C27H40N2O5S. The van der Waals surface area contributed by atoms with Gasteiger partial charge < -0.3 is 14.7 Å². The Morgan fingerprint density at radius 1 is 1.23 bits per heavy atom. The summed E-state index contributed by atoms with van der Waals surface area (Å²) in [6, 6.07) is 4.78. The Morgan fingerprint density at radius 3 is 2.63 bits per heavy atom. The van der Waals surface area contributed by atoms with Gasteiger partial charge >= 0.3 is 0 Å². The normalized spacial score (nSPS) is 26.1. The fourth-order valence-corrected chi connectivity index (χ4v) is 7.42. The van der Waals surface area contributed by atoms with Crippen molar-refractivity contribution in [1.82, 2.24) is 9.21 Å². The van der Waals surface area contributed by atoms with Crippen LogP contribution < -0.4 is 4.74 Å². The average Bonchev–Trinajstić information content (AvgIpc) is 3.40. The Morgan fingerprint density at radius 2 is 1.97 bits per heavy atom. The Bertz CT molecular complexity index is 1050. The fourth-order valence-electron chi connectivity index (χ4n) is 5.60. The molecule has 194 valence electrons. The zero-order valence-corrected chi connectivity index (χ0v) is 22.1. The molecule has 7 nitrogen and oxygen atoms in total. The van der Waals surface area contributed by atoms with E-state index in [0.717, 1.165) is 50.5 Å². The van der Waals surface area contributed by atoms with Crippen molar-refractivity contribution in [2.75, 3.05) is 26.7 Å². The predicted molar refractivity (Wildman–Crippen MR) is 137 cm³/mol. The van der Waals surface area contributed by atoms with Crippen LogP contribution in [0.3, 0.4) is 0 Å². The van der Waals surface area contributed by atoms with Crippen LogP contribution in [0, 0.1) is 11.8 Å². The van der Waals surface area contributed by atoms with E-state index >= 15 is 0 Å². The average molecular weight is 505 g/mol. The molecule has 3 aliphatic rings. The molecule has 1 heterocycles. The number of nitrogens with zero attached hydrogens (tertiary/aromatic N) is 2. The summed E-state index contributed by atoms with van der Waals surface area (Å²) in [6.07, 6.45) is 10.2. The van der Waals surface area contributed by atoms with Gasteiger partial charge in [-0.05, 0) is 62.3 Å². The van der Waals surface area contributed by atoms with Crippen LogP contribution in [-0.4, -0.2) is 67.5 Å². The molecule has 1 aromatic rings. The summed E-state index contributed by atoms with van der Waals surface area (Å²) < 4.78 is 35.2. The summed E-state index contributed by atoms with van der Waals surface area (Å²) in [5.41, 5.74) is 2.20. The lowest BCUT2D eigenvalue weighted by molar-refractivity contribution is -0.136. The number of aliphatic hydroxyl groups is 1. The van der Waals surface area contributed by atoms with E-state index in [2.05, 4.69) is 6.08 Å². The molecule has 1 aromatic carbocycles. The minimum atomic E-state index is -3.86. The van der Waals surface area contributed by atoms with E-state index in [-0.39, 0.29) is 41.9 Å². The molecule has 2 aliphatic carbocycles. The fraction of sp³-hybridized carbons (Fsp3) is 0.667. The second-order valence-electron chi connectivity index (χ2n) is 10.6. The number of ether oxygens (including phenoxy) is 1. The third-order valence-corrected chi connectivity index (χ3v) is 9.88. The molecule has 3 atom stereocenters. The molecule has 0 radical (unpaired) electrons. The highest BCUT2D eigenvalue weighted by molar-refractivity contribution is 7.89. The molecular weight excluding hydrogens is 464 g/mol. The maximum absolute atomic E-state index is 13.7. The van der Waals surface area contributed by atoms with Gasteiger partial charge in [0, 0.05) is 31.5 Å². The number of hydrogen-bond acceptors (Lipinski definition) is 5. The summed E-state index contributed by atoms with van der Waals surface area (Å²) >= 11 is 0. The first-order valence-corrected chi connectivity index (χ1v) is 14.5. The van der Waals surface area contributed by atoms with Crippen LogP contribution in [0.25, 0.3) is 5.57 Å². The van der Waals surface area contributed by atoms with Crippen molar-refractivity contribution in [3.8, 4) is 5.75 Å². The van der Waals surface area contributed by atoms with E-state index < -0.39 is 16.1 Å². The molecule has 0 aromatic heterocycles. The SMILES string of the molecule is C[C@H]1CN([C@@H](C)CO)S(=O)(=O)c2ccc(C3=CCCC3)cc2O[C@@H]1CN(C)C(=O)C1CCCCC1. The van der Waals surface area contributed by atoms with Crippen molar-refractivity contribution in [2.45, 2.75) is 82.3 Å². The molecule has 0 saturated heterocycles. The van der Waals surface area contributed by atoms with E-state index in [0.29, 0.717) is 12.3 Å². The highest BCUT2D eigenvalue weighted by atomic mass is 32.2. The first-order chi connectivity index (χ1) is 16.7. The van der Waals surface area contributed by atoms with E-state index in [1.807, 2.05) is 26.1 Å². The molecule has 0 spiro atoms. The molecule has 35 heavy (non-hydrogen) atoms. The number of hydrogen-bond donors (Lipinski definition) is 1. The summed E-state index contributed by atoms with van der Waals surface area (Å²) in [7, 11) is -2.03. The number of sulfonamides is 1. The van der Waals surface area contributed by atoms with E-state index in [1.54, 1.807) is 17.9 Å². The number of likely N-dealkylation sites (N-methyl/N-ethyl adjacent to an activating group) is 1. The van der Waals surface area contributed by atoms with Crippen LogP contribution >= 0.6 is 0 Å². The summed E-state index contributed by atoms with van der Waals surface area (Å²) in [5.74, 6) is 0.376. The lowest BCUT2D eigenvalue weighted by atomic mass is 9.88. The number of carbonyl (C=O) groups is 1. The van der Waals surface area contributed by atoms with Gasteiger partial charge in [-0.25, -0.2) is 8.42 Å². The van der Waals surface area contributed by atoms with Crippen LogP contribution in [0.4, 0.5) is 0 Å². The Balaban J connectivity index is 1.67. The van der Waals surface area contributed by atoms with E-state index in [4.69, 9.17) is 4.74 Å². The summed E-state index contributed by atoms with van der Waals surface area (Å²) in [4.78, 5) is 15.0. The maximum atomic E-state index is 13.7. The largest absolute Gasteiger partial charge is 0.487 e. The first-order valence-electron chi connectivity index (χ1n) is 13.1. The molecule has 0 bridgehead atoms. The number of carbonyl (C=O) groups excluding carboxylic acids is 1. The van der Waals surface area contributed by atoms with Gasteiger partial charge in [-0.1, -0.05) is 38.3 Å². The number of amides is 1. The minimum absolute atomic E-state index is 0.0668. The first kappa shape index (κ1) is 26.2. The van der Waals surface area contributed by atoms with Crippen molar-refractivity contribution < 1.29 is 23.1 Å². The smallest absolute Gasteiger partial charge is 0.247 e. The molecule has 4 rings (SSSR count). The quantitative estimate of drug-likeness (QED) is 0.631. The lowest BCUT2D eigenvalue weighted by Crippen LogP contribution is -2.50. The van der Waals surface area contributed by atoms with Gasteiger partial charge in [0.2, 0.25) is 15.9 Å². The Kier molecular flexibility index (Phi) is 8.23. The molecule has 1 fully saturated rings. The van der Waals surface area contributed by atoms with Gasteiger partial charge in [0.05, 0.1) is 13.2 Å². The molecule has 1 saturated carbocycles. The maximum Gasteiger partial charge on any atom is 0.247 e. The number of allylic oxidation sites excluding steroid dienone is 2. The summed E-state index contributed by atoms with van der Waals surface area (Å²) in [5, 5.41) is 9.83. The number of rotatable bonds is 6. The molecule has 1 N–H and O–H groups in total. The van der Waals surface area contributed by atoms with Gasteiger partial charge in [0.15, 0.2) is 0 Å². The third-order valence-electron chi connectivity index (χ3n) is 7.86. The van der Waals surface area contributed by atoms with Crippen molar-refractivity contribution in [2.24, 2.45) is 11.8 Å².